The van der Waals surface area contributed by atoms with E-state index < -0.39 is 31.1 Å². The topological polar surface area (TPSA) is 149 Å². The predicted octanol–water partition coefficient (Wildman–Crippen LogP) is -1.97. The molecule has 3 heterocycles. The van der Waals surface area contributed by atoms with Gasteiger partial charge >= 0.3 is 6.01 Å². The molecule has 1 fully saturated rings. The molecule has 10 nitrogen and oxygen atoms in total. The highest BCUT2D eigenvalue weighted by Gasteiger charge is 2.45. The Balaban J connectivity index is 2.11. The van der Waals surface area contributed by atoms with Crippen molar-refractivity contribution in [3.63, 3.8) is 0 Å². The fraction of sp³-hybridized carbons (Fsp3) is 0.462. The van der Waals surface area contributed by atoms with Crippen LogP contribution >= 0.6 is 0 Å². The third-order valence-corrected chi connectivity index (χ3v) is 3.53. The maximum Gasteiger partial charge on any atom is 0.301 e. The first kappa shape index (κ1) is 15.4. The molecule has 1 saturated heterocycles. The molecule has 0 spiro atoms. The summed E-state index contributed by atoms with van der Waals surface area (Å²) in [5, 5.41) is 29.3. The van der Waals surface area contributed by atoms with Gasteiger partial charge < -0.3 is 30.5 Å². The monoisotopic (exact) mass is 321 g/mol. The Hall–Kier alpha value is -2.45. The van der Waals surface area contributed by atoms with Crippen LogP contribution in [0.3, 0.4) is 0 Å². The van der Waals surface area contributed by atoms with E-state index in [0.29, 0.717) is 0 Å². The number of hydrogen-bond donors (Lipinski definition) is 4. The first-order valence-corrected chi connectivity index (χ1v) is 6.75. The molecule has 0 bridgehead atoms. The molecule has 23 heavy (non-hydrogen) atoms. The van der Waals surface area contributed by atoms with Gasteiger partial charge in [-0.05, 0) is 0 Å². The minimum atomic E-state index is -1.33. The van der Waals surface area contributed by atoms with E-state index in [1.165, 1.54) is 10.9 Å². The minimum absolute atomic E-state index is 0.0139. The molecule has 2 unspecified atom stereocenters. The molecule has 4 atom stereocenters. The summed E-state index contributed by atoms with van der Waals surface area (Å²) in [6.07, 6.45) is 1.78. The SMILES string of the molecule is C#CCOc1nc2c(N)ncnc2n1[C@@H]1O[C@H](CO)C(O)C1O. The highest BCUT2D eigenvalue weighted by molar-refractivity contribution is 5.82. The fourth-order valence-corrected chi connectivity index (χ4v) is 2.44. The van der Waals surface area contributed by atoms with Crippen LogP contribution in [0.4, 0.5) is 5.82 Å². The summed E-state index contributed by atoms with van der Waals surface area (Å²) in [6.45, 7) is -0.537. The number of rotatable bonds is 4. The molecule has 0 aliphatic carbocycles. The summed E-state index contributed by atoms with van der Waals surface area (Å²) in [4.78, 5) is 12.1. The smallest absolute Gasteiger partial charge is 0.301 e. The van der Waals surface area contributed by atoms with E-state index in [1.54, 1.807) is 0 Å². The van der Waals surface area contributed by atoms with Gasteiger partial charge in [-0.15, -0.1) is 6.42 Å². The number of aliphatic hydroxyl groups is 3. The number of aliphatic hydroxyl groups excluding tert-OH is 3. The average molecular weight is 321 g/mol. The number of nitrogen functional groups attached to an aromatic ring is 1. The van der Waals surface area contributed by atoms with E-state index in [1.807, 2.05) is 0 Å². The van der Waals surface area contributed by atoms with Gasteiger partial charge in [0.05, 0.1) is 6.61 Å². The summed E-state index contributed by atoms with van der Waals surface area (Å²) in [5.41, 5.74) is 6.26. The number of hydrogen-bond acceptors (Lipinski definition) is 9. The molecule has 10 heteroatoms. The molecule has 2 aromatic rings. The second-order valence-corrected chi connectivity index (χ2v) is 4.92. The zero-order chi connectivity index (χ0) is 16.6. The van der Waals surface area contributed by atoms with Crippen molar-refractivity contribution in [3.05, 3.63) is 6.33 Å². The van der Waals surface area contributed by atoms with Crippen LogP contribution in [-0.2, 0) is 4.74 Å². The summed E-state index contributed by atoms with van der Waals surface area (Å²) < 4.78 is 12.2. The van der Waals surface area contributed by atoms with Crippen LogP contribution in [0.5, 0.6) is 6.01 Å². The standard InChI is InChI=1S/C13H15N5O5/c1-2-3-22-13-17-7-10(14)15-5-16-11(7)18(13)12-9(21)8(20)6(4-19)23-12/h1,5-6,8-9,12,19-21H,3-4H2,(H2,14,15,16)/t6-,8?,9?,12-/m1/s1. The molecule has 0 saturated carbocycles. The van der Waals surface area contributed by atoms with E-state index >= 15 is 0 Å². The number of nitrogens with two attached hydrogens (primary N) is 1. The molecular formula is C13H15N5O5. The summed E-state index contributed by atoms with van der Waals surface area (Å²) in [7, 11) is 0. The summed E-state index contributed by atoms with van der Waals surface area (Å²) in [5.74, 6) is 2.41. The van der Waals surface area contributed by atoms with Crippen LogP contribution in [0.25, 0.3) is 11.2 Å². The molecule has 2 aromatic heterocycles. The number of imidazole rings is 1. The Labute approximate surface area is 130 Å². The van der Waals surface area contributed by atoms with Gasteiger partial charge in [0, 0.05) is 0 Å². The third-order valence-electron chi connectivity index (χ3n) is 3.53. The van der Waals surface area contributed by atoms with Crippen molar-refractivity contribution >= 4 is 17.0 Å². The molecule has 1 aliphatic rings. The van der Waals surface area contributed by atoms with Crippen molar-refractivity contribution in [2.24, 2.45) is 0 Å². The van der Waals surface area contributed by atoms with Crippen LogP contribution in [0.15, 0.2) is 6.33 Å². The van der Waals surface area contributed by atoms with Gasteiger partial charge in [-0.2, -0.15) is 4.98 Å². The maximum absolute atomic E-state index is 10.2. The third kappa shape index (κ3) is 2.45. The molecule has 0 amide bonds. The lowest BCUT2D eigenvalue weighted by molar-refractivity contribution is -0.0540. The van der Waals surface area contributed by atoms with Crippen LogP contribution in [0.1, 0.15) is 6.23 Å². The van der Waals surface area contributed by atoms with Crippen molar-refractivity contribution in [2.45, 2.75) is 24.5 Å². The Morgan fingerprint density at radius 2 is 2.17 bits per heavy atom. The van der Waals surface area contributed by atoms with Crippen LogP contribution < -0.4 is 10.5 Å². The number of aromatic nitrogens is 4. The maximum atomic E-state index is 10.2. The number of anilines is 1. The second kappa shape index (κ2) is 5.98. The highest BCUT2D eigenvalue weighted by Crippen LogP contribution is 2.35. The van der Waals surface area contributed by atoms with Gasteiger partial charge in [0.1, 0.15) is 24.6 Å². The van der Waals surface area contributed by atoms with E-state index in [2.05, 4.69) is 20.9 Å². The number of nitrogens with zero attached hydrogens (tertiary/aromatic N) is 4. The Kier molecular flexibility index (Phi) is 4.01. The quantitative estimate of drug-likeness (QED) is 0.470. The molecule has 0 radical (unpaired) electrons. The van der Waals surface area contributed by atoms with Crippen LogP contribution in [0.2, 0.25) is 0 Å². The Morgan fingerprint density at radius 3 is 2.83 bits per heavy atom. The average Bonchev–Trinajstić information content (AvgIpc) is 3.05. The number of terminal acetylenes is 1. The highest BCUT2D eigenvalue weighted by atomic mass is 16.6. The van der Waals surface area contributed by atoms with E-state index in [4.69, 9.17) is 21.6 Å². The van der Waals surface area contributed by atoms with Gasteiger partial charge in [0.2, 0.25) is 0 Å². The van der Waals surface area contributed by atoms with Crippen molar-refractivity contribution < 1.29 is 24.8 Å². The number of fused-ring (bicyclic) bond motifs is 1. The van der Waals surface area contributed by atoms with Crippen LogP contribution in [-0.4, -0.2) is 66.4 Å². The summed E-state index contributed by atoms with van der Waals surface area (Å²) >= 11 is 0. The van der Waals surface area contributed by atoms with Gasteiger partial charge in [-0.25, -0.2) is 14.5 Å². The molecule has 3 rings (SSSR count). The molecule has 0 aromatic carbocycles. The predicted molar refractivity (Wildman–Crippen MR) is 77.1 cm³/mol. The zero-order valence-corrected chi connectivity index (χ0v) is 11.9. The van der Waals surface area contributed by atoms with Crippen molar-refractivity contribution in [1.82, 2.24) is 19.5 Å². The fourth-order valence-electron chi connectivity index (χ4n) is 2.44. The number of ether oxygens (including phenoxy) is 2. The van der Waals surface area contributed by atoms with Crippen molar-refractivity contribution in [2.75, 3.05) is 18.9 Å². The van der Waals surface area contributed by atoms with Gasteiger partial charge in [0.25, 0.3) is 0 Å². The first-order valence-electron chi connectivity index (χ1n) is 6.75. The van der Waals surface area contributed by atoms with E-state index in [9.17, 15) is 15.3 Å². The Bertz CT molecular complexity index is 757. The van der Waals surface area contributed by atoms with E-state index in [-0.39, 0.29) is 29.6 Å². The molecule has 1 aliphatic heterocycles. The van der Waals surface area contributed by atoms with Crippen molar-refractivity contribution in [1.29, 1.82) is 0 Å². The molecular weight excluding hydrogens is 306 g/mol. The zero-order valence-electron chi connectivity index (χ0n) is 11.9. The molecule has 122 valence electrons. The first-order chi connectivity index (χ1) is 11.1. The molecule has 5 N–H and O–H groups in total. The Morgan fingerprint density at radius 1 is 1.39 bits per heavy atom. The van der Waals surface area contributed by atoms with E-state index in [0.717, 1.165) is 0 Å². The summed E-state index contributed by atoms with van der Waals surface area (Å²) in [6, 6.07) is 0.0139. The largest absolute Gasteiger partial charge is 0.451 e. The second-order valence-electron chi connectivity index (χ2n) is 4.92. The lowest BCUT2D eigenvalue weighted by Crippen LogP contribution is -2.33. The van der Waals surface area contributed by atoms with Gasteiger partial charge in [-0.3, -0.25) is 0 Å². The van der Waals surface area contributed by atoms with Gasteiger partial charge in [0.15, 0.2) is 29.8 Å². The normalized spacial score (nSPS) is 27.2. The van der Waals surface area contributed by atoms with Crippen LogP contribution in [0, 0.1) is 12.3 Å². The lowest BCUT2D eigenvalue weighted by atomic mass is 10.1. The van der Waals surface area contributed by atoms with Gasteiger partial charge in [-0.1, -0.05) is 5.92 Å². The minimum Gasteiger partial charge on any atom is -0.451 e. The lowest BCUT2D eigenvalue weighted by Gasteiger charge is -2.18. The van der Waals surface area contributed by atoms with Crippen molar-refractivity contribution in [3.8, 4) is 18.4 Å².